The van der Waals surface area contributed by atoms with Gasteiger partial charge in [0.15, 0.2) is 11.6 Å². The van der Waals surface area contributed by atoms with Gasteiger partial charge >= 0.3 is 6.03 Å². The van der Waals surface area contributed by atoms with Crippen molar-refractivity contribution in [3.8, 4) is 5.75 Å². The second-order valence-corrected chi connectivity index (χ2v) is 5.21. The van der Waals surface area contributed by atoms with Gasteiger partial charge in [0.1, 0.15) is 5.82 Å². The summed E-state index contributed by atoms with van der Waals surface area (Å²) in [7, 11) is 1.39. The topological polar surface area (TPSA) is 53.9 Å². The van der Waals surface area contributed by atoms with Crippen LogP contribution in [0.25, 0.3) is 0 Å². The summed E-state index contributed by atoms with van der Waals surface area (Å²) in [6.45, 7) is 0.365. The largest absolute Gasteiger partial charge is 0.494 e. The molecule has 0 aromatic heterocycles. The molecule has 5 nitrogen and oxygen atoms in total. The fourth-order valence-electron chi connectivity index (χ4n) is 2.41. The van der Waals surface area contributed by atoms with Crippen molar-refractivity contribution in [3.05, 3.63) is 59.7 Å². The number of nitrogens with zero attached hydrogens (tertiary/aromatic N) is 2. The van der Waals surface area contributed by atoms with E-state index in [2.05, 4.69) is 10.4 Å². The maximum Gasteiger partial charge on any atom is 0.342 e. The van der Waals surface area contributed by atoms with Gasteiger partial charge in [-0.25, -0.2) is 18.6 Å². The molecule has 0 saturated carbocycles. The third-order valence-corrected chi connectivity index (χ3v) is 3.60. The molecule has 2 aromatic rings. The van der Waals surface area contributed by atoms with Gasteiger partial charge in [0.25, 0.3) is 0 Å². The molecule has 124 valence electrons. The molecule has 1 N–H and O–H groups in total. The molecule has 0 fully saturated rings. The van der Waals surface area contributed by atoms with E-state index in [4.69, 9.17) is 4.74 Å². The van der Waals surface area contributed by atoms with Crippen LogP contribution in [-0.4, -0.2) is 30.4 Å². The summed E-state index contributed by atoms with van der Waals surface area (Å²) in [6, 6.07) is 9.66. The summed E-state index contributed by atoms with van der Waals surface area (Å²) >= 11 is 0. The molecular weight excluding hydrogens is 316 g/mol. The first-order chi connectivity index (χ1) is 11.6. The van der Waals surface area contributed by atoms with Gasteiger partial charge in [0.05, 0.1) is 19.4 Å². The zero-order valence-corrected chi connectivity index (χ0v) is 12.9. The molecule has 2 amide bonds. The molecule has 0 radical (unpaired) electrons. The van der Waals surface area contributed by atoms with Gasteiger partial charge in [-0.2, -0.15) is 5.10 Å². The highest BCUT2D eigenvalue weighted by molar-refractivity contribution is 6.03. The Balaban J connectivity index is 1.73. The Labute approximate surface area is 137 Å². The van der Waals surface area contributed by atoms with Crippen LogP contribution in [0, 0.1) is 11.6 Å². The number of hydrazone groups is 1. The number of rotatable bonds is 3. The fraction of sp³-hybridized carbons (Fsp3) is 0.176. The Morgan fingerprint density at radius 3 is 2.79 bits per heavy atom. The van der Waals surface area contributed by atoms with Crippen molar-refractivity contribution < 1.29 is 18.3 Å². The van der Waals surface area contributed by atoms with E-state index in [0.717, 1.165) is 0 Å². The lowest BCUT2D eigenvalue weighted by molar-refractivity contribution is 0.219. The number of urea groups is 1. The molecule has 0 bridgehead atoms. The molecule has 0 spiro atoms. The minimum atomic E-state index is -0.486. The average molecular weight is 331 g/mol. The summed E-state index contributed by atoms with van der Waals surface area (Å²) in [4.78, 5) is 12.2. The SMILES string of the molecule is COc1ccc(C2=NN(C(=O)Nc3cccc(F)c3)CC2)cc1F. The van der Waals surface area contributed by atoms with Crippen LogP contribution in [0.3, 0.4) is 0 Å². The number of benzene rings is 2. The van der Waals surface area contributed by atoms with Crippen molar-refractivity contribution in [2.45, 2.75) is 6.42 Å². The molecule has 24 heavy (non-hydrogen) atoms. The van der Waals surface area contributed by atoms with Gasteiger partial charge in [0, 0.05) is 17.7 Å². The monoisotopic (exact) mass is 331 g/mol. The first kappa shape index (κ1) is 15.9. The van der Waals surface area contributed by atoms with Crippen LogP contribution in [-0.2, 0) is 0 Å². The second-order valence-electron chi connectivity index (χ2n) is 5.21. The number of ether oxygens (including phenoxy) is 1. The Hall–Kier alpha value is -2.96. The molecule has 0 atom stereocenters. The van der Waals surface area contributed by atoms with Crippen molar-refractivity contribution in [2.75, 3.05) is 19.0 Å². The lowest BCUT2D eigenvalue weighted by atomic mass is 10.1. The van der Waals surface area contributed by atoms with E-state index in [0.29, 0.717) is 29.9 Å². The average Bonchev–Trinajstić information content (AvgIpc) is 3.05. The highest BCUT2D eigenvalue weighted by atomic mass is 19.1. The van der Waals surface area contributed by atoms with Crippen LogP contribution >= 0.6 is 0 Å². The van der Waals surface area contributed by atoms with Crippen molar-refractivity contribution in [3.63, 3.8) is 0 Å². The molecule has 3 rings (SSSR count). The number of anilines is 1. The van der Waals surface area contributed by atoms with Gasteiger partial charge in [-0.05, 0) is 36.4 Å². The third-order valence-electron chi connectivity index (χ3n) is 3.60. The van der Waals surface area contributed by atoms with Crippen LogP contribution in [0.1, 0.15) is 12.0 Å². The summed E-state index contributed by atoms with van der Waals surface area (Å²) in [5.74, 6) is -0.773. The van der Waals surface area contributed by atoms with Crippen LogP contribution in [0.15, 0.2) is 47.6 Å². The highest BCUT2D eigenvalue weighted by Crippen LogP contribution is 2.21. The lowest BCUT2D eigenvalue weighted by Gasteiger charge is -2.12. The Kier molecular flexibility index (Phi) is 4.41. The molecule has 2 aromatic carbocycles. The Morgan fingerprint density at radius 1 is 1.25 bits per heavy atom. The van der Waals surface area contributed by atoms with Crippen molar-refractivity contribution >= 4 is 17.4 Å². The second kappa shape index (κ2) is 6.66. The molecule has 7 heteroatoms. The number of halogens is 2. The predicted octanol–water partition coefficient (Wildman–Crippen LogP) is 3.62. The summed E-state index contributed by atoms with van der Waals surface area (Å²) in [5, 5.41) is 8.02. The van der Waals surface area contributed by atoms with Crippen LogP contribution in [0.2, 0.25) is 0 Å². The van der Waals surface area contributed by atoms with Crippen LogP contribution in [0.5, 0.6) is 5.75 Å². The lowest BCUT2D eigenvalue weighted by Crippen LogP contribution is -2.28. The Bertz CT molecular complexity index is 808. The zero-order chi connectivity index (χ0) is 17.1. The molecule has 0 saturated heterocycles. The van der Waals surface area contributed by atoms with E-state index in [1.165, 1.54) is 42.5 Å². The maximum atomic E-state index is 13.8. The molecule has 0 unspecified atom stereocenters. The summed E-state index contributed by atoms with van der Waals surface area (Å²) < 4.78 is 31.8. The van der Waals surface area contributed by atoms with Gasteiger partial charge in [-0.15, -0.1) is 0 Å². The van der Waals surface area contributed by atoms with Gasteiger partial charge in [-0.1, -0.05) is 6.07 Å². The van der Waals surface area contributed by atoms with Gasteiger partial charge in [-0.3, -0.25) is 0 Å². The summed E-state index contributed by atoms with van der Waals surface area (Å²) in [5.41, 5.74) is 1.54. The molecule has 0 aliphatic carbocycles. The zero-order valence-electron chi connectivity index (χ0n) is 12.9. The van der Waals surface area contributed by atoms with E-state index in [-0.39, 0.29) is 5.75 Å². The molecule has 1 aliphatic heterocycles. The number of hydrogen-bond acceptors (Lipinski definition) is 3. The summed E-state index contributed by atoms with van der Waals surface area (Å²) in [6.07, 6.45) is 0.502. The number of carbonyl (C=O) groups is 1. The van der Waals surface area contributed by atoms with E-state index in [1.807, 2.05) is 0 Å². The first-order valence-corrected chi connectivity index (χ1v) is 7.32. The molecular formula is C17H15F2N3O2. The predicted molar refractivity (Wildman–Crippen MR) is 86.2 cm³/mol. The first-order valence-electron chi connectivity index (χ1n) is 7.32. The highest BCUT2D eigenvalue weighted by Gasteiger charge is 2.22. The van der Waals surface area contributed by atoms with Crippen LogP contribution in [0.4, 0.5) is 19.3 Å². The minimum absolute atomic E-state index is 0.151. The fourth-order valence-corrected chi connectivity index (χ4v) is 2.41. The Morgan fingerprint density at radius 2 is 2.08 bits per heavy atom. The standard InChI is InChI=1S/C17H15F2N3O2/c1-24-16-6-5-11(9-14(16)19)15-7-8-22(21-15)17(23)20-13-4-2-3-12(18)10-13/h2-6,9-10H,7-8H2,1H3,(H,20,23). The number of carbonyl (C=O) groups excluding carboxylic acids is 1. The molecule has 1 heterocycles. The van der Waals surface area contributed by atoms with Gasteiger partial charge < -0.3 is 10.1 Å². The van der Waals surface area contributed by atoms with E-state index in [9.17, 15) is 13.6 Å². The van der Waals surface area contributed by atoms with Crippen LogP contribution < -0.4 is 10.1 Å². The van der Waals surface area contributed by atoms with E-state index >= 15 is 0 Å². The van der Waals surface area contributed by atoms with Gasteiger partial charge in [0.2, 0.25) is 0 Å². The van der Waals surface area contributed by atoms with E-state index in [1.54, 1.807) is 12.1 Å². The molecule has 1 aliphatic rings. The maximum absolute atomic E-state index is 13.8. The number of hydrogen-bond donors (Lipinski definition) is 1. The van der Waals surface area contributed by atoms with Crippen molar-refractivity contribution in [1.82, 2.24) is 5.01 Å². The van der Waals surface area contributed by atoms with Crippen molar-refractivity contribution in [1.29, 1.82) is 0 Å². The minimum Gasteiger partial charge on any atom is -0.494 e. The number of methoxy groups -OCH3 is 1. The number of amides is 2. The smallest absolute Gasteiger partial charge is 0.342 e. The van der Waals surface area contributed by atoms with Crippen molar-refractivity contribution in [2.24, 2.45) is 5.10 Å². The third kappa shape index (κ3) is 3.34. The normalized spacial score (nSPS) is 13.6. The number of nitrogens with one attached hydrogen (secondary N) is 1. The van der Waals surface area contributed by atoms with E-state index < -0.39 is 17.7 Å². The quantitative estimate of drug-likeness (QED) is 0.934.